The minimum atomic E-state index is -0.447. The SMILES string of the molecule is C=CCn1c(SCC(=O)Nc2cccc(C)c2)nnc1[C@H](NC(=O)c1ccc(Cl)cc1Cl)C(C)C. The van der Waals surface area contributed by atoms with Crippen LogP contribution in [0.1, 0.15) is 41.6 Å². The van der Waals surface area contributed by atoms with Crippen LogP contribution in [0.15, 0.2) is 60.3 Å². The number of aromatic nitrogens is 3. The number of hydrogen-bond acceptors (Lipinski definition) is 5. The molecular formula is C25H27Cl2N5O2S. The van der Waals surface area contributed by atoms with Gasteiger partial charge in [0.25, 0.3) is 5.91 Å². The highest BCUT2D eigenvalue weighted by Crippen LogP contribution is 2.27. The van der Waals surface area contributed by atoms with Gasteiger partial charge in [0.2, 0.25) is 5.91 Å². The number of hydrogen-bond donors (Lipinski definition) is 2. The number of benzene rings is 2. The summed E-state index contributed by atoms with van der Waals surface area (Å²) in [6.45, 7) is 10.2. The van der Waals surface area contributed by atoms with Crippen molar-refractivity contribution in [1.82, 2.24) is 20.1 Å². The van der Waals surface area contributed by atoms with E-state index in [1.54, 1.807) is 18.2 Å². The average Bonchev–Trinajstić information content (AvgIpc) is 3.18. The first kappa shape index (κ1) is 26.8. The van der Waals surface area contributed by atoms with Crippen molar-refractivity contribution in [1.29, 1.82) is 0 Å². The largest absolute Gasteiger partial charge is 0.342 e. The van der Waals surface area contributed by atoms with Gasteiger partial charge in [0.15, 0.2) is 11.0 Å². The molecule has 0 saturated carbocycles. The number of halogens is 2. The van der Waals surface area contributed by atoms with E-state index in [0.29, 0.717) is 28.1 Å². The Morgan fingerprint density at radius 1 is 1.17 bits per heavy atom. The van der Waals surface area contributed by atoms with E-state index in [0.717, 1.165) is 11.3 Å². The second-order valence-electron chi connectivity index (χ2n) is 8.27. The number of carbonyl (C=O) groups excluding carboxylic acids is 2. The van der Waals surface area contributed by atoms with Gasteiger partial charge in [-0.25, -0.2) is 0 Å². The van der Waals surface area contributed by atoms with E-state index in [1.165, 1.54) is 17.8 Å². The topological polar surface area (TPSA) is 88.9 Å². The third kappa shape index (κ3) is 7.10. The van der Waals surface area contributed by atoms with Crippen LogP contribution in [0.5, 0.6) is 0 Å². The lowest BCUT2D eigenvalue weighted by molar-refractivity contribution is -0.113. The van der Waals surface area contributed by atoms with E-state index in [2.05, 4.69) is 27.4 Å². The molecule has 184 valence electrons. The molecule has 7 nitrogen and oxygen atoms in total. The molecule has 0 aliphatic rings. The average molecular weight is 532 g/mol. The van der Waals surface area contributed by atoms with Gasteiger partial charge in [0.05, 0.1) is 22.4 Å². The molecule has 1 aromatic heterocycles. The Bertz CT molecular complexity index is 1230. The van der Waals surface area contributed by atoms with Crippen molar-refractivity contribution in [3.63, 3.8) is 0 Å². The third-order valence-corrected chi connectivity index (χ3v) is 6.61. The van der Waals surface area contributed by atoms with Crippen molar-refractivity contribution in [3.8, 4) is 0 Å². The molecular weight excluding hydrogens is 505 g/mol. The zero-order chi connectivity index (χ0) is 25.5. The fraction of sp³-hybridized carbons (Fsp3) is 0.280. The van der Waals surface area contributed by atoms with Crippen LogP contribution in [-0.2, 0) is 11.3 Å². The van der Waals surface area contributed by atoms with Gasteiger partial charge < -0.3 is 15.2 Å². The number of allylic oxidation sites excluding steroid dienone is 1. The molecule has 1 atom stereocenters. The maximum atomic E-state index is 13.0. The molecule has 0 aliphatic heterocycles. The lowest BCUT2D eigenvalue weighted by atomic mass is 10.0. The third-order valence-electron chi connectivity index (χ3n) is 5.10. The molecule has 2 N–H and O–H groups in total. The molecule has 0 spiro atoms. The number of thioether (sulfide) groups is 1. The summed E-state index contributed by atoms with van der Waals surface area (Å²) >= 11 is 13.5. The first-order chi connectivity index (χ1) is 16.7. The summed E-state index contributed by atoms with van der Waals surface area (Å²) in [4.78, 5) is 25.5. The lowest BCUT2D eigenvalue weighted by Gasteiger charge is -2.23. The molecule has 1 heterocycles. The Morgan fingerprint density at radius 2 is 1.94 bits per heavy atom. The summed E-state index contributed by atoms with van der Waals surface area (Å²) in [7, 11) is 0. The second-order valence-corrected chi connectivity index (χ2v) is 10.1. The van der Waals surface area contributed by atoms with Gasteiger partial charge in [-0.05, 0) is 48.7 Å². The van der Waals surface area contributed by atoms with Crippen molar-refractivity contribution in [3.05, 3.63) is 82.1 Å². The number of nitrogens with one attached hydrogen (secondary N) is 2. The van der Waals surface area contributed by atoms with Crippen LogP contribution >= 0.6 is 35.0 Å². The Balaban J connectivity index is 1.77. The molecule has 2 aromatic carbocycles. The van der Waals surface area contributed by atoms with Crippen molar-refractivity contribution in [2.75, 3.05) is 11.1 Å². The van der Waals surface area contributed by atoms with Crippen molar-refractivity contribution in [2.45, 2.75) is 38.5 Å². The number of amides is 2. The number of nitrogens with zero attached hydrogens (tertiary/aromatic N) is 3. The minimum absolute atomic E-state index is 0.000241. The summed E-state index contributed by atoms with van der Waals surface area (Å²) in [6.07, 6.45) is 1.72. The number of aryl methyl sites for hydroxylation is 1. The van der Waals surface area contributed by atoms with Gasteiger partial charge in [-0.3, -0.25) is 9.59 Å². The molecule has 0 unspecified atom stereocenters. The highest BCUT2D eigenvalue weighted by atomic mass is 35.5. The van der Waals surface area contributed by atoms with Crippen LogP contribution < -0.4 is 10.6 Å². The Labute approximate surface area is 219 Å². The summed E-state index contributed by atoms with van der Waals surface area (Å²) in [6, 6.07) is 11.9. The maximum absolute atomic E-state index is 13.0. The van der Waals surface area contributed by atoms with Crippen LogP contribution in [0.2, 0.25) is 10.0 Å². The Kier molecular flexibility index (Phi) is 9.37. The fourth-order valence-corrected chi connectivity index (χ4v) is 4.66. The first-order valence-electron chi connectivity index (χ1n) is 11.0. The van der Waals surface area contributed by atoms with E-state index in [4.69, 9.17) is 23.2 Å². The standard InChI is InChI=1S/C25H27Cl2N5O2S/c1-5-11-32-23(22(15(2)3)29-24(34)19-10-9-17(26)13-20(19)27)30-31-25(32)35-14-21(33)28-18-8-6-7-16(4)12-18/h5-10,12-13,15,22H,1,11,14H2,2-4H3,(H,28,33)(H,29,34)/t22-/m1/s1. The van der Waals surface area contributed by atoms with Gasteiger partial charge >= 0.3 is 0 Å². The maximum Gasteiger partial charge on any atom is 0.253 e. The van der Waals surface area contributed by atoms with E-state index in [-0.39, 0.29) is 28.5 Å². The summed E-state index contributed by atoms with van der Waals surface area (Å²) < 4.78 is 1.85. The van der Waals surface area contributed by atoms with Crippen molar-refractivity contribution < 1.29 is 9.59 Å². The van der Waals surface area contributed by atoms with Crippen LogP contribution in [0.25, 0.3) is 0 Å². The van der Waals surface area contributed by atoms with E-state index in [9.17, 15) is 9.59 Å². The van der Waals surface area contributed by atoms with Gasteiger partial charge in [-0.15, -0.1) is 16.8 Å². The molecule has 2 amide bonds. The normalized spacial score (nSPS) is 11.8. The predicted molar refractivity (Wildman–Crippen MR) is 142 cm³/mol. The summed E-state index contributed by atoms with van der Waals surface area (Å²) in [5.74, 6) is 0.231. The lowest BCUT2D eigenvalue weighted by Crippen LogP contribution is -2.34. The van der Waals surface area contributed by atoms with Crippen molar-refractivity contribution in [2.24, 2.45) is 5.92 Å². The molecule has 0 bridgehead atoms. The summed E-state index contributed by atoms with van der Waals surface area (Å²) in [5.41, 5.74) is 2.12. The molecule has 0 fully saturated rings. The smallest absolute Gasteiger partial charge is 0.253 e. The molecule has 0 saturated heterocycles. The molecule has 10 heteroatoms. The van der Waals surface area contributed by atoms with E-state index in [1.807, 2.05) is 49.6 Å². The highest BCUT2D eigenvalue weighted by molar-refractivity contribution is 7.99. The number of anilines is 1. The molecule has 3 aromatic rings. The Hall–Kier alpha value is -2.81. The molecule has 0 radical (unpaired) electrons. The van der Waals surface area contributed by atoms with E-state index >= 15 is 0 Å². The zero-order valence-corrected chi connectivity index (χ0v) is 22.0. The van der Waals surface area contributed by atoms with Crippen LogP contribution in [0.3, 0.4) is 0 Å². The van der Waals surface area contributed by atoms with Crippen LogP contribution in [0, 0.1) is 12.8 Å². The second kappa shape index (κ2) is 12.2. The predicted octanol–water partition coefficient (Wildman–Crippen LogP) is 5.94. The first-order valence-corrected chi connectivity index (χ1v) is 12.7. The van der Waals surface area contributed by atoms with Crippen LogP contribution in [-0.4, -0.2) is 32.3 Å². The summed E-state index contributed by atoms with van der Waals surface area (Å²) in [5, 5.41) is 15.8. The molecule has 3 rings (SSSR count). The van der Waals surface area contributed by atoms with E-state index < -0.39 is 6.04 Å². The Morgan fingerprint density at radius 3 is 2.60 bits per heavy atom. The van der Waals surface area contributed by atoms with Gasteiger partial charge in [0.1, 0.15) is 0 Å². The van der Waals surface area contributed by atoms with Gasteiger partial charge in [0, 0.05) is 17.3 Å². The molecule has 35 heavy (non-hydrogen) atoms. The quantitative estimate of drug-likeness (QED) is 0.249. The highest BCUT2D eigenvalue weighted by Gasteiger charge is 2.27. The molecule has 0 aliphatic carbocycles. The van der Waals surface area contributed by atoms with Gasteiger partial charge in [-0.1, -0.05) is 67.0 Å². The zero-order valence-electron chi connectivity index (χ0n) is 19.7. The van der Waals surface area contributed by atoms with Gasteiger partial charge in [-0.2, -0.15) is 0 Å². The fourth-order valence-electron chi connectivity index (χ4n) is 3.41. The number of rotatable bonds is 10. The van der Waals surface area contributed by atoms with Crippen molar-refractivity contribution >= 4 is 52.5 Å². The van der Waals surface area contributed by atoms with Crippen LogP contribution in [0.4, 0.5) is 5.69 Å². The minimum Gasteiger partial charge on any atom is -0.342 e. The number of carbonyl (C=O) groups is 2. The monoisotopic (exact) mass is 531 g/mol.